The highest BCUT2D eigenvalue weighted by molar-refractivity contribution is 5.90. The molecule has 0 aromatic heterocycles. The molecule has 2 rings (SSSR count). The third-order valence-corrected chi connectivity index (χ3v) is 3.94. The Bertz CT molecular complexity index is 497. The highest BCUT2D eigenvalue weighted by atomic mass is 35.5. The summed E-state index contributed by atoms with van der Waals surface area (Å²) < 4.78 is 5.70. The van der Waals surface area contributed by atoms with E-state index in [1.165, 1.54) is 11.1 Å². The molecule has 1 N–H and O–H groups in total. The number of morpholine rings is 1. The largest absolute Gasteiger partial charge is 1.00 e. The van der Waals surface area contributed by atoms with Gasteiger partial charge in [0, 0.05) is 31.7 Å². The minimum absolute atomic E-state index is 0. The number of halogens is 1. The first-order chi connectivity index (χ1) is 9.94. The maximum Gasteiger partial charge on any atom is 0.225 e. The predicted octanol–water partition coefficient (Wildman–Crippen LogP) is -0.255. The number of rotatable bonds is 4. The number of aryl methyl sites for hydroxylation is 2. The van der Waals surface area contributed by atoms with Crippen molar-refractivity contribution in [3.05, 3.63) is 29.3 Å². The third-order valence-electron chi connectivity index (χ3n) is 3.94. The average Bonchev–Trinajstić information content (AvgIpc) is 2.40. The summed E-state index contributed by atoms with van der Waals surface area (Å²) >= 11 is 0. The topological polar surface area (TPSA) is 41.6 Å². The van der Waals surface area contributed by atoms with Crippen LogP contribution in [0.4, 0.5) is 5.69 Å². The molecule has 1 heterocycles. The minimum Gasteiger partial charge on any atom is -1.00 e. The fraction of sp³-hybridized carbons (Fsp3) is 0.588. The third kappa shape index (κ3) is 5.59. The zero-order valence-electron chi connectivity index (χ0n) is 13.9. The standard InChI is InChI=1S/C17H26N2O2.ClH/c1-12-5-6-16(9-13(12)2)18-17(20)7-8-19-10-14(3)21-15(4)11-19;/h5-6,9,14-15H,7-8,10-11H2,1-4H3,(H,18,20);1H/p-1. The van der Waals surface area contributed by atoms with Crippen LogP contribution < -0.4 is 17.7 Å². The van der Waals surface area contributed by atoms with Gasteiger partial charge in [-0.1, -0.05) is 6.07 Å². The van der Waals surface area contributed by atoms with E-state index in [4.69, 9.17) is 4.74 Å². The van der Waals surface area contributed by atoms with E-state index in [0.29, 0.717) is 6.42 Å². The van der Waals surface area contributed by atoms with E-state index >= 15 is 0 Å². The van der Waals surface area contributed by atoms with Gasteiger partial charge in [0.2, 0.25) is 5.91 Å². The number of carbonyl (C=O) groups excluding carboxylic acids is 1. The van der Waals surface area contributed by atoms with Crippen molar-refractivity contribution >= 4 is 11.6 Å². The monoisotopic (exact) mass is 325 g/mol. The number of hydrogen-bond donors (Lipinski definition) is 1. The number of hydrogen-bond acceptors (Lipinski definition) is 3. The number of ether oxygens (including phenoxy) is 1. The summed E-state index contributed by atoms with van der Waals surface area (Å²) in [6.07, 6.45) is 1.01. The second kappa shape index (κ2) is 8.51. The molecule has 124 valence electrons. The van der Waals surface area contributed by atoms with Crippen LogP contribution in [0.1, 0.15) is 31.4 Å². The number of carbonyl (C=O) groups is 1. The van der Waals surface area contributed by atoms with Gasteiger partial charge in [0.1, 0.15) is 0 Å². The number of amides is 1. The molecule has 22 heavy (non-hydrogen) atoms. The van der Waals surface area contributed by atoms with Gasteiger partial charge in [-0.3, -0.25) is 9.69 Å². The lowest BCUT2D eigenvalue weighted by atomic mass is 10.1. The lowest BCUT2D eigenvalue weighted by Crippen LogP contribution is -3.00. The summed E-state index contributed by atoms with van der Waals surface area (Å²) in [4.78, 5) is 14.3. The molecule has 1 aromatic carbocycles. The Morgan fingerprint density at radius 3 is 2.45 bits per heavy atom. The molecule has 1 fully saturated rings. The van der Waals surface area contributed by atoms with Crippen LogP contribution in [0.25, 0.3) is 0 Å². The van der Waals surface area contributed by atoms with Crippen molar-refractivity contribution in [3.8, 4) is 0 Å². The fourth-order valence-electron chi connectivity index (χ4n) is 2.77. The molecule has 4 nitrogen and oxygen atoms in total. The molecular formula is C17H26ClN2O2-. The van der Waals surface area contributed by atoms with Crippen molar-refractivity contribution in [2.24, 2.45) is 0 Å². The molecular weight excluding hydrogens is 300 g/mol. The molecule has 5 heteroatoms. The highest BCUT2D eigenvalue weighted by Crippen LogP contribution is 2.15. The zero-order valence-corrected chi connectivity index (χ0v) is 14.6. The summed E-state index contributed by atoms with van der Waals surface area (Å²) in [5, 5.41) is 2.98. The molecule has 0 radical (unpaired) electrons. The Kier molecular flexibility index (Phi) is 7.33. The van der Waals surface area contributed by atoms with Gasteiger partial charge in [-0.15, -0.1) is 0 Å². The Labute approximate surface area is 139 Å². The zero-order chi connectivity index (χ0) is 15.4. The lowest BCUT2D eigenvalue weighted by molar-refractivity contribution is -0.117. The molecule has 1 aliphatic heterocycles. The van der Waals surface area contributed by atoms with Gasteiger partial charge in [0.05, 0.1) is 12.2 Å². The Balaban J connectivity index is 0.00000242. The normalized spacial score (nSPS) is 22.0. The van der Waals surface area contributed by atoms with Gasteiger partial charge < -0.3 is 22.5 Å². The second-order valence-electron chi connectivity index (χ2n) is 6.11. The van der Waals surface area contributed by atoms with E-state index in [9.17, 15) is 4.79 Å². The van der Waals surface area contributed by atoms with E-state index in [2.05, 4.69) is 37.9 Å². The molecule has 1 saturated heterocycles. The van der Waals surface area contributed by atoms with Crippen LogP contribution in [0, 0.1) is 13.8 Å². The van der Waals surface area contributed by atoms with Gasteiger partial charge in [-0.2, -0.15) is 0 Å². The molecule has 1 aliphatic rings. The molecule has 0 aliphatic carbocycles. The van der Waals surface area contributed by atoms with Crippen LogP contribution in [0.5, 0.6) is 0 Å². The first-order valence-electron chi connectivity index (χ1n) is 7.69. The number of nitrogens with zero attached hydrogens (tertiary/aromatic N) is 1. The van der Waals surface area contributed by atoms with Crippen molar-refractivity contribution in [1.82, 2.24) is 4.90 Å². The first kappa shape index (κ1) is 18.9. The first-order valence-corrected chi connectivity index (χ1v) is 7.69. The molecule has 0 bridgehead atoms. The molecule has 2 atom stereocenters. The van der Waals surface area contributed by atoms with Gasteiger partial charge in [-0.25, -0.2) is 0 Å². The van der Waals surface area contributed by atoms with Crippen molar-refractivity contribution in [2.45, 2.75) is 46.3 Å². The van der Waals surface area contributed by atoms with Crippen LogP contribution in [0.2, 0.25) is 0 Å². The molecule has 0 saturated carbocycles. The quantitative estimate of drug-likeness (QED) is 0.830. The van der Waals surface area contributed by atoms with Crippen LogP contribution in [-0.4, -0.2) is 42.6 Å². The average molecular weight is 326 g/mol. The SMILES string of the molecule is Cc1ccc(NC(=O)CCN2CC(C)OC(C)C2)cc1C.[Cl-]. The Morgan fingerprint density at radius 2 is 1.86 bits per heavy atom. The number of nitrogens with one attached hydrogen (secondary N) is 1. The molecule has 1 amide bonds. The maximum atomic E-state index is 12.0. The number of anilines is 1. The van der Waals surface area contributed by atoms with Crippen molar-refractivity contribution in [1.29, 1.82) is 0 Å². The maximum absolute atomic E-state index is 12.0. The summed E-state index contributed by atoms with van der Waals surface area (Å²) in [5.74, 6) is 0.0741. The molecule has 1 aromatic rings. The van der Waals surface area contributed by atoms with Crippen molar-refractivity contribution in [3.63, 3.8) is 0 Å². The van der Waals surface area contributed by atoms with E-state index in [0.717, 1.165) is 25.3 Å². The highest BCUT2D eigenvalue weighted by Gasteiger charge is 2.22. The number of benzene rings is 1. The minimum atomic E-state index is 0. The second-order valence-corrected chi connectivity index (χ2v) is 6.11. The van der Waals surface area contributed by atoms with E-state index < -0.39 is 0 Å². The predicted molar refractivity (Wildman–Crippen MR) is 85.6 cm³/mol. The summed E-state index contributed by atoms with van der Waals surface area (Å²) in [5.41, 5.74) is 3.32. The molecule has 2 unspecified atom stereocenters. The summed E-state index contributed by atoms with van der Waals surface area (Å²) in [6.45, 7) is 10.9. The van der Waals surface area contributed by atoms with Gasteiger partial charge >= 0.3 is 0 Å². The lowest BCUT2D eigenvalue weighted by Gasteiger charge is -2.35. The Morgan fingerprint density at radius 1 is 1.23 bits per heavy atom. The smallest absolute Gasteiger partial charge is 0.225 e. The summed E-state index contributed by atoms with van der Waals surface area (Å²) in [7, 11) is 0. The van der Waals surface area contributed by atoms with Gasteiger partial charge in [-0.05, 0) is 51.0 Å². The van der Waals surface area contributed by atoms with E-state index in [1.54, 1.807) is 0 Å². The van der Waals surface area contributed by atoms with Gasteiger partial charge in [0.25, 0.3) is 0 Å². The van der Waals surface area contributed by atoms with Crippen molar-refractivity contribution in [2.75, 3.05) is 25.0 Å². The van der Waals surface area contributed by atoms with E-state index in [1.807, 2.05) is 18.2 Å². The van der Waals surface area contributed by atoms with Crippen LogP contribution in [0.15, 0.2) is 18.2 Å². The van der Waals surface area contributed by atoms with Crippen LogP contribution >= 0.6 is 0 Å². The van der Waals surface area contributed by atoms with Crippen LogP contribution in [0.3, 0.4) is 0 Å². The Hall–Kier alpha value is -1.10. The summed E-state index contributed by atoms with van der Waals surface area (Å²) in [6, 6.07) is 6.02. The van der Waals surface area contributed by atoms with Crippen molar-refractivity contribution < 1.29 is 21.9 Å². The van der Waals surface area contributed by atoms with E-state index in [-0.39, 0.29) is 30.5 Å². The van der Waals surface area contributed by atoms with Gasteiger partial charge in [0.15, 0.2) is 0 Å². The molecule has 0 spiro atoms. The fourth-order valence-corrected chi connectivity index (χ4v) is 2.77. The van der Waals surface area contributed by atoms with Crippen LogP contribution in [-0.2, 0) is 9.53 Å².